The van der Waals surface area contributed by atoms with Crippen molar-refractivity contribution < 1.29 is 13.2 Å². The minimum atomic E-state index is -3.46. The number of nitrogens with zero attached hydrogens (tertiary/aromatic N) is 2. The highest BCUT2D eigenvalue weighted by atomic mass is 32.2. The molecule has 1 fully saturated rings. The van der Waals surface area contributed by atoms with E-state index in [2.05, 4.69) is 13.8 Å². The van der Waals surface area contributed by atoms with Crippen molar-refractivity contribution in [3.8, 4) is 0 Å². The topological polar surface area (TPSA) is 57.7 Å². The first-order chi connectivity index (χ1) is 10.2. The van der Waals surface area contributed by atoms with Gasteiger partial charge in [-0.25, -0.2) is 12.7 Å². The van der Waals surface area contributed by atoms with Crippen LogP contribution in [-0.4, -0.2) is 49.7 Å². The van der Waals surface area contributed by atoms with Crippen LogP contribution in [0.1, 0.15) is 43.5 Å². The highest BCUT2D eigenvalue weighted by Crippen LogP contribution is 2.25. The monoisotopic (exact) mass is 324 g/mol. The summed E-state index contributed by atoms with van der Waals surface area (Å²) in [6.07, 6.45) is 3.18. The molecule has 1 amide bonds. The molecule has 0 aliphatic carbocycles. The van der Waals surface area contributed by atoms with Crippen LogP contribution in [0.15, 0.2) is 29.2 Å². The molecule has 122 valence electrons. The first kappa shape index (κ1) is 17.0. The highest BCUT2D eigenvalue weighted by Gasteiger charge is 2.29. The van der Waals surface area contributed by atoms with Crippen LogP contribution in [0.2, 0.25) is 0 Å². The molecule has 0 aromatic heterocycles. The number of rotatable bonds is 3. The van der Waals surface area contributed by atoms with Gasteiger partial charge in [-0.15, -0.1) is 0 Å². The number of benzene rings is 1. The van der Waals surface area contributed by atoms with Gasteiger partial charge in [-0.3, -0.25) is 4.79 Å². The number of piperidine rings is 1. The molecule has 2 rings (SSSR count). The number of hydrogen-bond acceptors (Lipinski definition) is 3. The molecule has 6 heteroatoms. The van der Waals surface area contributed by atoms with Crippen LogP contribution >= 0.6 is 0 Å². The maximum atomic E-state index is 12.7. The van der Waals surface area contributed by atoms with Gasteiger partial charge in [0.2, 0.25) is 10.0 Å². The van der Waals surface area contributed by atoms with Gasteiger partial charge in [0.25, 0.3) is 5.91 Å². The van der Waals surface area contributed by atoms with Crippen molar-refractivity contribution >= 4 is 15.9 Å². The van der Waals surface area contributed by atoms with Gasteiger partial charge in [0, 0.05) is 31.7 Å². The maximum absolute atomic E-state index is 12.7. The summed E-state index contributed by atoms with van der Waals surface area (Å²) >= 11 is 0. The van der Waals surface area contributed by atoms with Crippen LogP contribution in [0.5, 0.6) is 0 Å². The molecule has 1 aromatic carbocycles. The molecule has 2 unspecified atom stereocenters. The third-order valence-electron chi connectivity index (χ3n) is 4.31. The van der Waals surface area contributed by atoms with E-state index in [1.54, 1.807) is 12.1 Å². The summed E-state index contributed by atoms with van der Waals surface area (Å²) in [4.78, 5) is 14.8. The smallest absolute Gasteiger partial charge is 0.254 e. The van der Waals surface area contributed by atoms with E-state index in [-0.39, 0.29) is 22.9 Å². The summed E-state index contributed by atoms with van der Waals surface area (Å²) in [5, 5.41) is 0. The van der Waals surface area contributed by atoms with Crippen LogP contribution in [0, 0.1) is 0 Å². The average Bonchev–Trinajstić information content (AvgIpc) is 2.47. The third-order valence-corrected chi connectivity index (χ3v) is 6.14. The van der Waals surface area contributed by atoms with Crippen molar-refractivity contribution in [2.45, 2.75) is 50.1 Å². The van der Waals surface area contributed by atoms with Crippen LogP contribution in [-0.2, 0) is 10.0 Å². The Morgan fingerprint density at radius 1 is 1.09 bits per heavy atom. The van der Waals surface area contributed by atoms with Crippen LogP contribution in [0.3, 0.4) is 0 Å². The van der Waals surface area contributed by atoms with Gasteiger partial charge in [0.15, 0.2) is 0 Å². The zero-order valence-corrected chi connectivity index (χ0v) is 14.4. The van der Waals surface area contributed by atoms with Gasteiger partial charge in [-0.1, -0.05) is 0 Å². The number of hydrogen-bond donors (Lipinski definition) is 0. The lowest BCUT2D eigenvalue weighted by Crippen LogP contribution is -2.47. The van der Waals surface area contributed by atoms with Crippen molar-refractivity contribution in [3.05, 3.63) is 29.8 Å². The van der Waals surface area contributed by atoms with E-state index in [0.29, 0.717) is 5.56 Å². The van der Waals surface area contributed by atoms with Gasteiger partial charge in [0.05, 0.1) is 4.90 Å². The zero-order chi connectivity index (χ0) is 16.5. The number of carbonyl (C=O) groups excluding carboxylic acids is 1. The third kappa shape index (κ3) is 3.17. The Bertz CT molecular complexity index is 628. The molecule has 22 heavy (non-hydrogen) atoms. The fourth-order valence-electron chi connectivity index (χ4n) is 2.95. The first-order valence-corrected chi connectivity index (χ1v) is 9.04. The predicted molar refractivity (Wildman–Crippen MR) is 86.3 cm³/mol. The van der Waals surface area contributed by atoms with Gasteiger partial charge in [0.1, 0.15) is 0 Å². The van der Waals surface area contributed by atoms with Crippen molar-refractivity contribution in [1.29, 1.82) is 0 Å². The van der Waals surface area contributed by atoms with E-state index in [1.807, 2.05) is 4.90 Å². The van der Waals surface area contributed by atoms with E-state index >= 15 is 0 Å². The quantitative estimate of drug-likeness (QED) is 0.857. The minimum absolute atomic E-state index is 0.0199. The molecule has 0 radical (unpaired) electrons. The Morgan fingerprint density at radius 2 is 1.59 bits per heavy atom. The van der Waals surface area contributed by atoms with Gasteiger partial charge < -0.3 is 4.90 Å². The van der Waals surface area contributed by atoms with Crippen LogP contribution in [0.25, 0.3) is 0 Å². The van der Waals surface area contributed by atoms with E-state index in [9.17, 15) is 13.2 Å². The molecule has 0 spiro atoms. The maximum Gasteiger partial charge on any atom is 0.254 e. The van der Waals surface area contributed by atoms with Crippen molar-refractivity contribution in [2.75, 3.05) is 14.1 Å². The molecule has 0 N–H and O–H groups in total. The summed E-state index contributed by atoms with van der Waals surface area (Å²) in [7, 11) is -0.474. The molecule has 1 aliphatic rings. The van der Waals surface area contributed by atoms with Gasteiger partial charge >= 0.3 is 0 Å². The minimum Gasteiger partial charge on any atom is -0.333 e. The first-order valence-electron chi connectivity index (χ1n) is 7.60. The van der Waals surface area contributed by atoms with Crippen molar-refractivity contribution in [2.24, 2.45) is 0 Å². The van der Waals surface area contributed by atoms with Gasteiger partial charge in [-0.05, 0) is 57.4 Å². The Kier molecular flexibility index (Phi) is 4.92. The largest absolute Gasteiger partial charge is 0.333 e. The fourth-order valence-corrected chi connectivity index (χ4v) is 3.85. The summed E-state index contributed by atoms with van der Waals surface area (Å²) in [5.74, 6) is -0.0199. The molecule has 1 aromatic rings. The fraction of sp³-hybridized carbons (Fsp3) is 0.562. The number of likely N-dealkylation sites (tertiary alicyclic amines) is 1. The van der Waals surface area contributed by atoms with E-state index < -0.39 is 10.0 Å². The number of carbonyl (C=O) groups is 1. The van der Waals surface area contributed by atoms with Crippen molar-refractivity contribution in [3.63, 3.8) is 0 Å². The summed E-state index contributed by atoms with van der Waals surface area (Å²) in [6, 6.07) is 6.66. The second-order valence-electron chi connectivity index (χ2n) is 6.15. The molecule has 0 bridgehead atoms. The lowest BCUT2D eigenvalue weighted by molar-refractivity contribution is 0.0510. The molecule has 1 saturated heterocycles. The molecular weight excluding hydrogens is 300 g/mol. The summed E-state index contributed by atoms with van der Waals surface area (Å²) in [5.41, 5.74) is 0.540. The predicted octanol–water partition coefficient (Wildman–Crippen LogP) is 2.34. The Labute approximate surface area is 133 Å². The normalized spacial score (nSPS) is 22.9. The standard InChI is InChI=1S/C16H24N2O3S/c1-12-6-5-7-13(2)18(12)16(19)14-8-10-15(11-9-14)22(20,21)17(3)4/h8-13H,5-7H2,1-4H3. The molecular formula is C16H24N2O3S. The lowest BCUT2D eigenvalue weighted by atomic mass is 9.96. The van der Waals surface area contributed by atoms with E-state index in [4.69, 9.17) is 0 Å². The van der Waals surface area contributed by atoms with E-state index in [1.165, 1.54) is 30.5 Å². The number of sulfonamides is 1. The Hall–Kier alpha value is -1.40. The molecule has 0 saturated carbocycles. The Morgan fingerprint density at radius 3 is 2.05 bits per heavy atom. The van der Waals surface area contributed by atoms with Gasteiger partial charge in [-0.2, -0.15) is 0 Å². The average molecular weight is 324 g/mol. The number of amides is 1. The second kappa shape index (κ2) is 6.38. The van der Waals surface area contributed by atoms with Crippen LogP contribution in [0.4, 0.5) is 0 Å². The van der Waals surface area contributed by atoms with Crippen molar-refractivity contribution in [1.82, 2.24) is 9.21 Å². The summed E-state index contributed by atoms with van der Waals surface area (Å²) in [6.45, 7) is 4.14. The molecule has 2 atom stereocenters. The highest BCUT2D eigenvalue weighted by molar-refractivity contribution is 7.89. The second-order valence-corrected chi connectivity index (χ2v) is 8.31. The van der Waals surface area contributed by atoms with E-state index in [0.717, 1.165) is 19.3 Å². The lowest BCUT2D eigenvalue weighted by Gasteiger charge is -2.39. The SMILES string of the molecule is CC1CCCC(C)N1C(=O)c1ccc(S(=O)(=O)N(C)C)cc1. The molecule has 5 nitrogen and oxygen atoms in total. The molecule has 1 heterocycles. The Balaban J connectivity index is 2.25. The summed E-state index contributed by atoms with van der Waals surface area (Å²) < 4.78 is 25.3. The van der Waals surface area contributed by atoms with Crippen LogP contribution < -0.4 is 0 Å². The zero-order valence-electron chi connectivity index (χ0n) is 13.6. The molecule has 1 aliphatic heterocycles.